The predicted molar refractivity (Wildman–Crippen MR) is 101 cm³/mol. The molecular weight excluding hydrogens is 340 g/mol. The summed E-state index contributed by atoms with van der Waals surface area (Å²) < 4.78 is 7.46. The summed E-state index contributed by atoms with van der Waals surface area (Å²) in [6.45, 7) is 3.10. The van der Waals surface area contributed by atoms with E-state index in [2.05, 4.69) is 16.9 Å². The normalized spacial score (nSPS) is 11.7. The van der Waals surface area contributed by atoms with Gasteiger partial charge in [-0.25, -0.2) is 4.99 Å². The summed E-state index contributed by atoms with van der Waals surface area (Å²) in [6, 6.07) is 15.7. The lowest BCUT2D eigenvalue weighted by molar-refractivity contribution is 0.415. The van der Waals surface area contributed by atoms with Gasteiger partial charge in [0.15, 0.2) is 4.80 Å². The Morgan fingerprint density at radius 2 is 1.79 bits per heavy atom. The van der Waals surface area contributed by atoms with Crippen molar-refractivity contribution in [1.82, 2.24) is 4.57 Å². The Morgan fingerprint density at radius 3 is 2.42 bits per heavy atom. The van der Waals surface area contributed by atoms with E-state index in [0.29, 0.717) is 0 Å². The molecule has 124 valence electrons. The second kappa shape index (κ2) is 7.69. The highest BCUT2D eigenvalue weighted by Crippen LogP contribution is 2.23. The van der Waals surface area contributed by atoms with Crippen LogP contribution in [0.4, 0.5) is 5.69 Å². The summed E-state index contributed by atoms with van der Waals surface area (Å²) in [5.41, 5.74) is 3.25. The lowest BCUT2D eigenvalue weighted by Crippen LogP contribution is -2.15. The zero-order valence-corrected chi connectivity index (χ0v) is 15.3. The average Bonchev–Trinajstić information content (AvgIpc) is 2.99. The zero-order chi connectivity index (χ0) is 16.9. The van der Waals surface area contributed by atoms with Gasteiger partial charge in [0.1, 0.15) is 5.75 Å². The minimum atomic E-state index is 0.749. The molecule has 0 spiro atoms. The number of benzene rings is 2. The topological polar surface area (TPSA) is 26.5 Å². The highest BCUT2D eigenvalue weighted by Gasteiger charge is 2.07. The van der Waals surface area contributed by atoms with Gasteiger partial charge in [0.05, 0.1) is 18.5 Å². The number of hydrogen-bond donors (Lipinski definition) is 0. The van der Waals surface area contributed by atoms with Crippen LogP contribution in [-0.2, 0) is 6.54 Å². The number of rotatable bonds is 5. The molecule has 0 fully saturated rings. The molecule has 0 saturated carbocycles. The third kappa shape index (κ3) is 3.71. The molecule has 0 N–H and O–H groups in total. The fraction of sp³-hybridized carbons (Fsp3) is 0.211. The van der Waals surface area contributed by atoms with Gasteiger partial charge in [0.25, 0.3) is 0 Å². The monoisotopic (exact) mass is 358 g/mol. The Hall–Kier alpha value is -2.04. The van der Waals surface area contributed by atoms with E-state index in [1.165, 1.54) is 5.69 Å². The smallest absolute Gasteiger partial charge is 0.190 e. The molecule has 24 heavy (non-hydrogen) atoms. The van der Waals surface area contributed by atoms with Gasteiger partial charge in [-0.15, -0.1) is 11.3 Å². The molecule has 0 radical (unpaired) electrons. The van der Waals surface area contributed by atoms with Crippen molar-refractivity contribution in [3.05, 3.63) is 63.7 Å². The van der Waals surface area contributed by atoms with Crippen molar-refractivity contribution < 1.29 is 4.74 Å². The lowest BCUT2D eigenvalue weighted by atomic mass is 10.2. The third-order valence-corrected chi connectivity index (χ3v) is 4.80. The molecule has 0 aliphatic heterocycles. The van der Waals surface area contributed by atoms with Crippen LogP contribution in [0.3, 0.4) is 0 Å². The van der Waals surface area contributed by atoms with Gasteiger partial charge < -0.3 is 9.30 Å². The maximum atomic E-state index is 6.00. The molecule has 0 bridgehead atoms. The summed E-state index contributed by atoms with van der Waals surface area (Å²) in [5, 5.41) is 2.90. The van der Waals surface area contributed by atoms with Gasteiger partial charge >= 0.3 is 0 Å². The van der Waals surface area contributed by atoms with Gasteiger partial charge in [0, 0.05) is 16.9 Å². The number of hydrogen-bond acceptors (Lipinski definition) is 3. The van der Waals surface area contributed by atoms with Crippen molar-refractivity contribution in [2.75, 3.05) is 7.11 Å². The minimum Gasteiger partial charge on any atom is -0.497 e. The number of methoxy groups -OCH3 is 1. The van der Waals surface area contributed by atoms with Gasteiger partial charge in [0.2, 0.25) is 0 Å². The molecule has 2 aromatic carbocycles. The maximum Gasteiger partial charge on any atom is 0.190 e. The highest BCUT2D eigenvalue weighted by atomic mass is 35.5. The Balaban J connectivity index is 2.04. The Bertz CT molecular complexity index is 864. The van der Waals surface area contributed by atoms with E-state index in [-0.39, 0.29) is 0 Å². The molecule has 0 amide bonds. The van der Waals surface area contributed by atoms with Crippen LogP contribution in [0.15, 0.2) is 58.9 Å². The van der Waals surface area contributed by atoms with Crippen LogP contribution in [0.5, 0.6) is 5.75 Å². The first-order valence-corrected chi connectivity index (χ1v) is 9.10. The molecular formula is C19H19ClN2OS. The standard InChI is InChI=1S/C19H19ClN2OS/c1-3-12-22-18(14-4-6-15(20)7-5-14)13-24-19(22)21-16-8-10-17(23-2)11-9-16/h4-11,13H,3,12H2,1-2H3. The van der Waals surface area contributed by atoms with Crippen molar-refractivity contribution in [3.63, 3.8) is 0 Å². The van der Waals surface area contributed by atoms with E-state index in [0.717, 1.165) is 39.8 Å². The molecule has 0 atom stereocenters. The van der Waals surface area contributed by atoms with E-state index in [9.17, 15) is 0 Å². The van der Waals surface area contributed by atoms with Gasteiger partial charge in [-0.1, -0.05) is 30.7 Å². The van der Waals surface area contributed by atoms with Crippen LogP contribution in [0.2, 0.25) is 5.02 Å². The van der Waals surface area contributed by atoms with Crippen molar-refractivity contribution in [3.8, 4) is 17.0 Å². The van der Waals surface area contributed by atoms with E-state index >= 15 is 0 Å². The number of aromatic nitrogens is 1. The molecule has 1 aromatic heterocycles. The molecule has 3 nitrogen and oxygen atoms in total. The summed E-state index contributed by atoms with van der Waals surface area (Å²) >= 11 is 7.66. The second-order valence-corrected chi connectivity index (χ2v) is 6.64. The first kappa shape index (κ1) is 16.8. The SMILES string of the molecule is CCCn1c(-c2ccc(Cl)cc2)csc1=Nc1ccc(OC)cc1. The fourth-order valence-electron chi connectivity index (χ4n) is 2.48. The van der Waals surface area contributed by atoms with Gasteiger partial charge in [-0.2, -0.15) is 0 Å². The Kier molecular flexibility index (Phi) is 5.38. The van der Waals surface area contributed by atoms with Crippen molar-refractivity contribution in [1.29, 1.82) is 0 Å². The largest absolute Gasteiger partial charge is 0.497 e. The van der Waals surface area contributed by atoms with Crippen LogP contribution in [-0.4, -0.2) is 11.7 Å². The van der Waals surface area contributed by atoms with E-state index in [1.54, 1.807) is 18.4 Å². The second-order valence-electron chi connectivity index (χ2n) is 5.37. The van der Waals surface area contributed by atoms with Crippen molar-refractivity contribution >= 4 is 28.6 Å². The molecule has 0 unspecified atom stereocenters. The number of nitrogens with zero attached hydrogens (tertiary/aromatic N) is 2. The molecule has 3 rings (SSSR count). The third-order valence-electron chi connectivity index (χ3n) is 3.68. The first-order chi connectivity index (χ1) is 11.7. The van der Waals surface area contributed by atoms with Crippen LogP contribution in [0, 0.1) is 0 Å². The average molecular weight is 359 g/mol. The number of ether oxygens (including phenoxy) is 1. The number of halogens is 1. The predicted octanol–water partition coefficient (Wildman–Crippen LogP) is 5.52. The summed E-state index contributed by atoms with van der Waals surface area (Å²) in [7, 11) is 1.67. The molecule has 3 aromatic rings. The van der Waals surface area contributed by atoms with Crippen LogP contribution < -0.4 is 9.54 Å². The zero-order valence-electron chi connectivity index (χ0n) is 13.7. The van der Waals surface area contributed by atoms with Gasteiger partial charge in [-0.05, 0) is 48.4 Å². The van der Waals surface area contributed by atoms with Crippen LogP contribution in [0.25, 0.3) is 11.3 Å². The molecule has 0 aliphatic rings. The summed E-state index contributed by atoms with van der Waals surface area (Å²) in [4.78, 5) is 5.79. The maximum absolute atomic E-state index is 6.00. The van der Waals surface area contributed by atoms with Crippen molar-refractivity contribution in [2.24, 2.45) is 4.99 Å². The van der Waals surface area contributed by atoms with Gasteiger partial charge in [-0.3, -0.25) is 0 Å². The van der Waals surface area contributed by atoms with Crippen LogP contribution >= 0.6 is 22.9 Å². The summed E-state index contributed by atoms with van der Waals surface area (Å²) in [5.74, 6) is 0.836. The molecule has 0 aliphatic carbocycles. The minimum absolute atomic E-state index is 0.749. The molecule has 0 saturated heterocycles. The first-order valence-electron chi connectivity index (χ1n) is 7.84. The van der Waals surface area contributed by atoms with E-state index in [1.807, 2.05) is 48.5 Å². The Labute approximate surface area is 150 Å². The Morgan fingerprint density at radius 1 is 1.08 bits per heavy atom. The quantitative estimate of drug-likeness (QED) is 0.589. The van der Waals surface area contributed by atoms with E-state index < -0.39 is 0 Å². The number of thiazole rings is 1. The molecule has 1 heterocycles. The lowest BCUT2D eigenvalue weighted by Gasteiger charge is -2.08. The molecule has 5 heteroatoms. The highest BCUT2D eigenvalue weighted by molar-refractivity contribution is 7.07. The van der Waals surface area contributed by atoms with Crippen LogP contribution in [0.1, 0.15) is 13.3 Å². The van der Waals surface area contributed by atoms with Crippen molar-refractivity contribution in [2.45, 2.75) is 19.9 Å². The van der Waals surface area contributed by atoms with E-state index in [4.69, 9.17) is 21.3 Å². The fourth-order valence-corrected chi connectivity index (χ4v) is 3.56. The summed E-state index contributed by atoms with van der Waals surface area (Å²) in [6.07, 6.45) is 1.05.